The monoisotopic (exact) mass is 306 g/mol. The molecule has 110 valence electrons. The van der Waals surface area contributed by atoms with Crippen LogP contribution in [0.2, 0.25) is 0 Å². The Labute approximate surface area is 124 Å². The largest absolute Gasteiger partial charge is 0.366 e. The van der Waals surface area contributed by atoms with E-state index in [9.17, 15) is 9.59 Å². The summed E-state index contributed by atoms with van der Waals surface area (Å²) in [5.74, 6) is 5.42. The van der Waals surface area contributed by atoms with Gasteiger partial charge in [0.25, 0.3) is 5.91 Å². The van der Waals surface area contributed by atoms with Crippen LogP contribution in [0.4, 0.5) is 5.69 Å². The summed E-state index contributed by atoms with van der Waals surface area (Å²) in [6, 6.07) is 6.53. The highest BCUT2D eigenvalue weighted by Crippen LogP contribution is 2.17. The molecule has 0 saturated heterocycles. The molecule has 2 rings (SSSR count). The molecule has 1 heterocycles. The zero-order chi connectivity index (χ0) is 15.4. The fourth-order valence-corrected chi connectivity index (χ4v) is 2.27. The van der Waals surface area contributed by atoms with Gasteiger partial charge in [0.05, 0.1) is 17.0 Å². The first kappa shape index (κ1) is 14.9. The van der Waals surface area contributed by atoms with Gasteiger partial charge in [-0.15, -0.1) is 10.2 Å². The van der Waals surface area contributed by atoms with Crippen LogP contribution in [0.1, 0.15) is 16.2 Å². The lowest BCUT2D eigenvalue weighted by Crippen LogP contribution is -2.20. The van der Waals surface area contributed by atoms with Crippen LogP contribution < -0.4 is 16.9 Å². The summed E-state index contributed by atoms with van der Waals surface area (Å²) in [6.07, 6.45) is 0. The number of benzene rings is 1. The van der Waals surface area contributed by atoms with Crippen LogP contribution in [0.3, 0.4) is 0 Å². The van der Waals surface area contributed by atoms with Crippen molar-refractivity contribution >= 4 is 29.3 Å². The highest BCUT2D eigenvalue weighted by molar-refractivity contribution is 7.99. The third-order valence-corrected chi connectivity index (χ3v) is 3.58. The van der Waals surface area contributed by atoms with E-state index in [2.05, 4.69) is 15.5 Å². The number of para-hydroxylation sites is 1. The van der Waals surface area contributed by atoms with Crippen LogP contribution in [-0.2, 0) is 4.79 Å². The summed E-state index contributed by atoms with van der Waals surface area (Å²) < 4.78 is 1.30. The van der Waals surface area contributed by atoms with Gasteiger partial charge in [-0.25, -0.2) is 4.68 Å². The van der Waals surface area contributed by atoms with Crippen LogP contribution in [0.25, 0.3) is 0 Å². The molecule has 2 amide bonds. The Morgan fingerprint density at radius 1 is 1.33 bits per heavy atom. The molecule has 0 saturated carbocycles. The van der Waals surface area contributed by atoms with Gasteiger partial charge in [-0.1, -0.05) is 23.9 Å². The van der Waals surface area contributed by atoms with E-state index in [0.29, 0.717) is 16.7 Å². The van der Waals surface area contributed by atoms with Gasteiger partial charge >= 0.3 is 0 Å². The SMILES string of the molecule is Cc1nnc(SCC(=O)Nc2ccccc2C(N)=O)n1N. The molecule has 0 spiro atoms. The molecule has 21 heavy (non-hydrogen) atoms. The Balaban J connectivity index is 1.99. The Kier molecular flexibility index (Phi) is 4.43. The second-order valence-corrected chi connectivity index (χ2v) is 5.09. The molecule has 0 aliphatic carbocycles. The number of hydrogen-bond donors (Lipinski definition) is 3. The molecule has 9 heteroatoms. The zero-order valence-corrected chi connectivity index (χ0v) is 12.1. The maximum Gasteiger partial charge on any atom is 0.250 e. The number of aromatic nitrogens is 3. The van der Waals surface area contributed by atoms with Crippen molar-refractivity contribution in [2.75, 3.05) is 16.9 Å². The van der Waals surface area contributed by atoms with E-state index in [-0.39, 0.29) is 17.2 Å². The second kappa shape index (κ2) is 6.27. The van der Waals surface area contributed by atoms with Gasteiger partial charge in [0.2, 0.25) is 11.1 Å². The smallest absolute Gasteiger partial charge is 0.250 e. The van der Waals surface area contributed by atoms with Crippen LogP contribution in [0, 0.1) is 6.92 Å². The molecule has 0 aliphatic heterocycles. The van der Waals surface area contributed by atoms with Gasteiger partial charge in [-0.2, -0.15) is 0 Å². The average Bonchev–Trinajstić information content (AvgIpc) is 2.77. The Morgan fingerprint density at radius 3 is 2.67 bits per heavy atom. The molecule has 8 nitrogen and oxygen atoms in total. The molecule has 1 aromatic heterocycles. The van der Waals surface area contributed by atoms with Gasteiger partial charge in [0.15, 0.2) is 0 Å². The van der Waals surface area contributed by atoms with Crippen molar-refractivity contribution in [2.24, 2.45) is 5.73 Å². The van der Waals surface area contributed by atoms with Crippen LogP contribution in [0.5, 0.6) is 0 Å². The molecule has 1 aromatic carbocycles. The highest BCUT2D eigenvalue weighted by Gasteiger charge is 2.12. The Morgan fingerprint density at radius 2 is 2.05 bits per heavy atom. The van der Waals surface area contributed by atoms with Crippen molar-refractivity contribution in [1.29, 1.82) is 0 Å². The maximum absolute atomic E-state index is 11.9. The Hall–Kier alpha value is -2.55. The molecule has 0 aliphatic rings. The number of carbonyl (C=O) groups is 2. The number of anilines is 1. The molecule has 2 aromatic rings. The fraction of sp³-hybridized carbons (Fsp3) is 0.167. The lowest BCUT2D eigenvalue weighted by atomic mass is 10.1. The van der Waals surface area contributed by atoms with Crippen molar-refractivity contribution in [1.82, 2.24) is 14.9 Å². The van der Waals surface area contributed by atoms with E-state index in [0.717, 1.165) is 11.8 Å². The number of carbonyl (C=O) groups excluding carboxylic acids is 2. The van der Waals surface area contributed by atoms with Crippen molar-refractivity contribution in [3.05, 3.63) is 35.7 Å². The van der Waals surface area contributed by atoms with Crippen LogP contribution in [-0.4, -0.2) is 32.4 Å². The normalized spacial score (nSPS) is 10.3. The van der Waals surface area contributed by atoms with Crippen molar-refractivity contribution < 1.29 is 9.59 Å². The second-order valence-electron chi connectivity index (χ2n) is 4.15. The summed E-state index contributed by atoms with van der Waals surface area (Å²) in [4.78, 5) is 23.2. The number of nitrogens with two attached hydrogens (primary N) is 2. The maximum atomic E-state index is 11.9. The first-order valence-electron chi connectivity index (χ1n) is 5.97. The number of nitrogen functional groups attached to an aromatic ring is 1. The van der Waals surface area contributed by atoms with Gasteiger partial charge in [-0.3, -0.25) is 9.59 Å². The van der Waals surface area contributed by atoms with E-state index in [4.69, 9.17) is 11.6 Å². The van der Waals surface area contributed by atoms with E-state index in [1.54, 1.807) is 31.2 Å². The van der Waals surface area contributed by atoms with Crippen molar-refractivity contribution in [2.45, 2.75) is 12.1 Å². The van der Waals surface area contributed by atoms with Gasteiger partial charge in [0, 0.05) is 0 Å². The minimum atomic E-state index is -0.601. The molecule has 0 atom stereocenters. The summed E-state index contributed by atoms with van der Waals surface area (Å²) in [6.45, 7) is 1.71. The molecular formula is C12H14N6O2S. The first-order valence-corrected chi connectivity index (χ1v) is 6.96. The van der Waals surface area contributed by atoms with Crippen LogP contribution in [0.15, 0.2) is 29.4 Å². The number of hydrogen-bond acceptors (Lipinski definition) is 6. The number of nitrogens with one attached hydrogen (secondary N) is 1. The number of aryl methyl sites for hydroxylation is 1. The fourth-order valence-electron chi connectivity index (χ4n) is 1.57. The van der Waals surface area contributed by atoms with Gasteiger partial charge < -0.3 is 16.9 Å². The number of primary amides is 1. The van der Waals surface area contributed by atoms with E-state index < -0.39 is 5.91 Å². The lowest BCUT2D eigenvalue weighted by molar-refractivity contribution is -0.113. The predicted molar refractivity (Wildman–Crippen MR) is 79.2 cm³/mol. The van der Waals surface area contributed by atoms with E-state index in [1.165, 1.54) is 4.68 Å². The molecular weight excluding hydrogens is 292 g/mol. The van der Waals surface area contributed by atoms with E-state index in [1.807, 2.05) is 0 Å². The van der Waals surface area contributed by atoms with Gasteiger partial charge in [0.1, 0.15) is 5.82 Å². The highest BCUT2D eigenvalue weighted by atomic mass is 32.2. The van der Waals surface area contributed by atoms with Crippen molar-refractivity contribution in [3.63, 3.8) is 0 Å². The Bertz CT molecular complexity index is 684. The molecule has 0 radical (unpaired) electrons. The summed E-state index contributed by atoms with van der Waals surface area (Å²) >= 11 is 1.15. The van der Waals surface area contributed by atoms with Crippen molar-refractivity contribution in [3.8, 4) is 0 Å². The predicted octanol–water partition coefficient (Wildman–Crippen LogP) is 0.130. The summed E-state index contributed by atoms with van der Waals surface area (Å²) in [7, 11) is 0. The summed E-state index contributed by atoms with van der Waals surface area (Å²) in [5.41, 5.74) is 5.88. The molecule has 0 unspecified atom stereocenters. The quantitative estimate of drug-likeness (QED) is 0.532. The minimum Gasteiger partial charge on any atom is -0.366 e. The summed E-state index contributed by atoms with van der Waals surface area (Å²) in [5, 5.41) is 10.7. The molecule has 5 N–H and O–H groups in total. The number of rotatable bonds is 5. The standard InChI is InChI=1S/C12H14N6O2S/c1-7-16-17-12(18(7)14)21-6-10(19)15-9-5-3-2-4-8(9)11(13)20/h2-5H,6,14H2,1H3,(H2,13,20)(H,15,19). The third kappa shape index (κ3) is 3.51. The topological polar surface area (TPSA) is 129 Å². The average molecular weight is 306 g/mol. The van der Waals surface area contributed by atoms with Crippen LogP contribution >= 0.6 is 11.8 Å². The lowest BCUT2D eigenvalue weighted by Gasteiger charge is -2.08. The molecule has 0 bridgehead atoms. The number of amides is 2. The molecule has 0 fully saturated rings. The zero-order valence-electron chi connectivity index (χ0n) is 11.2. The first-order chi connectivity index (χ1) is 9.99. The van der Waals surface area contributed by atoms with Gasteiger partial charge in [-0.05, 0) is 19.1 Å². The third-order valence-electron chi connectivity index (χ3n) is 2.63. The minimum absolute atomic E-state index is 0.0857. The number of thioether (sulfide) groups is 1. The van der Waals surface area contributed by atoms with E-state index >= 15 is 0 Å². The number of nitrogens with zero attached hydrogens (tertiary/aromatic N) is 3.